The molecule has 0 aliphatic heterocycles. The van der Waals surface area contributed by atoms with Crippen LogP contribution in [0.3, 0.4) is 0 Å². The van der Waals surface area contributed by atoms with Crippen molar-refractivity contribution in [2.45, 2.75) is 18.7 Å². The van der Waals surface area contributed by atoms with Crippen molar-refractivity contribution in [1.82, 2.24) is 14.8 Å². The molecular formula is C12H7ClF5N3O3. The minimum absolute atomic E-state index is 0.0515. The van der Waals surface area contributed by atoms with Crippen molar-refractivity contribution in [3.05, 3.63) is 35.1 Å². The Hall–Kier alpha value is -2.43. The number of carboxylic acid groups (broad SMARTS) is 1. The third-order valence-electron chi connectivity index (χ3n) is 2.66. The predicted molar refractivity (Wildman–Crippen MR) is 69.8 cm³/mol. The predicted octanol–water partition coefficient (Wildman–Crippen LogP) is 3.19. The minimum atomic E-state index is -5.10. The van der Waals surface area contributed by atoms with Crippen molar-refractivity contribution in [1.29, 1.82) is 0 Å². The maximum Gasteiger partial charge on any atom is 0.372 e. The standard InChI is InChI=1S/C12H7ClF5N3O3/c13-5-2-1-3-19-8(5)21-6(9(22)23)4-7(20-21)24-11(16)12(17,18)10(14)15/h1-4,10-11H,(H,22,23). The Morgan fingerprint density at radius 3 is 2.58 bits per heavy atom. The lowest BCUT2D eigenvalue weighted by atomic mass is 10.3. The van der Waals surface area contributed by atoms with Gasteiger partial charge in [-0.25, -0.2) is 23.2 Å². The molecule has 2 aromatic heterocycles. The highest BCUT2D eigenvalue weighted by Crippen LogP contribution is 2.31. The van der Waals surface area contributed by atoms with Gasteiger partial charge in [0.25, 0.3) is 0 Å². The fourth-order valence-corrected chi connectivity index (χ4v) is 1.75. The largest absolute Gasteiger partial charge is 0.477 e. The van der Waals surface area contributed by atoms with Crippen LogP contribution in [0.15, 0.2) is 24.4 Å². The molecular weight excluding hydrogens is 365 g/mol. The van der Waals surface area contributed by atoms with E-state index >= 15 is 0 Å². The average molecular weight is 372 g/mol. The molecule has 2 heterocycles. The van der Waals surface area contributed by atoms with Crippen molar-refractivity contribution in [2.24, 2.45) is 0 Å². The molecule has 6 nitrogen and oxygen atoms in total. The maximum absolute atomic E-state index is 13.3. The van der Waals surface area contributed by atoms with E-state index in [-0.39, 0.29) is 10.8 Å². The zero-order chi connectivity index (χ0) is 18.1. The van der Waals surface area contributed by atoms with E-state index in [4.69, 9.17) is 16.7 Å². The lowest BCUT2D eigenvalue weighted by Crippen LogP contribution is -2.41. The van der Waals surface area contributed by atoms with Gasteiger partial charge >= 0.3 is 24.7 Å². The number of rotatable bonds is 6. The average Bonchev–Trinajstić information content (AvgIpc) is 2.91. The van der Waals surface area contributed by atoms with Crippen molar-refractivity contribution in [2.75, 3.05) is 0 Å². The summed E-state index contributed by atoms with van der Waals surface area (Å²) in [6, 6.07) is 3.33. The number of pyridine rings is 1. The molecule has 0 radical (unpaired) electrons. The highest BCUT2D eigenvalue weighted by molar-refractivity contribution is 6.32. The topological polar surface area (TPSA) is 77.2 Å². The number of aromatic nitrogens is 3. The van der Waals surface area contributed by atoms with Gasteiger partial charge in [0.05, 0.1) is 5.02 Å². The van der Waals surface area contributed by atoms with E-state index < -0.39 is 36.2 Å². The minimum Gasteiger partial charge on any atom is -0.477 e. The molecule has 0 aliphatic carbocycles. The first-order valence-electron chi connectivity index (χ1n) is 6.05. The number of carboxylic acids is 1. The highest BCUT2D eigenvalue weighted by Gasteiger charge is 2.52. The van der Waals surface area contributed by atoms with Crippen molar-refractivity contribution in [3.8, 4) is 11.7 Å². The second kappa shape index (κ2) is 6.59. The van der Waals surface area contributed by atoms with Gasteiger partial charge in [-0.15, -0.1) is 5.10 Å². The molecule has 0 aromatic carbocycles. The van der Waals surface area contributed by atoms with Crippen LogP contribution in [0.1, 0.15) is 10.5 Å². The summed E-state index contributed by atoms with van der Waals surface area (Å²) < 4.78 is 67.7. The van der Waals surface area contributed by atoms with E-state index in [1.165, 1.54) is 18.3 Å². The summed E-state index contributed by atoms with van der Waals surface area (Å²) in [7, 11) is 0. The Labute approximate surface area is 135 Å². The molecule has 0 saturated carbocycles. The van der Waals surface area contributed by atoms with E-state index in [1.54, 1.807) is 0 Å². The normalized spacial score (nSPS) is 13.1. The van der Waals surface area contributed by atoms with Crippen LogP contribution >= 0.6 is 11.6 Å². The number of aromatic carboxylic acids is 1. The summed E-state index contributed by atoms with van der Waals surface area (Å²) in [6.07, 6.45) is -6.82. The van der Waals surface area contributed by atoms with Gasteiger partial charge in [-0.1, -0.05) is 11.6 Å². The van der Waals surface area contributed by atoms with E-state index in [1.807, 2.05) is 0 Å². The van der Waals surface area contributed by atoms with Crippen LogP contribution in [0, 0.1) is 0 Å². The first-order chi connectivity index (χ1) is 11.1. The smallest absolute Gasteiger partial charge is 0.372 e. The van der Waals surface area contributed by atoms with Gasteiger partial charge in [-0.3, -0.25) is 0 Å². The fourth-order valence-electron chi connectivity index (χ4n) is 1.55. The van der Waals surface area contributed by atoms with E-state index in [0.717, 1.165) is 0 Å². The molecule has 12 heteroatoms. The third kappa shape index (κ3) is 3.40. The first kappa shape index (κ1) is 17.9. The molecule has 2 aromatic rings. The fraction of sp³-hybridized carbons (Fsp3) is 0.250. The second-order valence-corrected chi connectivity index (χ2v) is 4.71. The second-order valence-electron chi connectivity index (χ2n) is 4.30. The van der Waals surface area contributed by atoms with E-state index in [0.29, 0.717) is 10.7 Å². The monoisotopic (exact) mass is 371 g/mol. The van der Waals surface area contributed by atoms with Crippen LogP contribution in [0.5, 0.6) is 5.88 Å². The third-order valence-corrected chi connectivity index (χ3v) is 2.96. The van der Waals surface area contributed by atoms with Crippen LogP contribution in [-0.2, 0) is 0 Å². The molecule has 0 amide bonds. The lowest BCUT2D eigenvalue weighted by Gasteiger charge is -2.19. The number of nitrogens with zero attached hydrogens (tertiary/aromatic N) is 3. The Bertz CT molecular complexity index is 755. The number of hydrogen-bond donors (Lipinski definition) is 1. The summed E-state index contributed by atoms with van der Waals surface area (Å²) in [5.41, 5.74) is -0.654. The van der Waals surface area contributed by atoms with Gasteiger partial charge in [0.1, 0.15) is 0 Å². The Morgan fingerprint density at radius 1 is 1.38 bits per heavy atom. The van der Waals surface area contributed by atoms with Gasteiger partial charge in [-0.05, 0) is 12.1 Å². The number of hydrogen-bond acceptors (Lipinski definition) is 4. The Morgan fingerprint density at radius 2 is 2.04 bits per heavy atom. The van der Waals surface area contributed by atoms with Crippen molar-refractivity contribution < 1.29 is 36.6 Å². The molecule has 130 valence electrons. The summed E-state index contributed by atoms with van der Waals surface area (Å²) in [6.45, 7) is 0. The number of carbonyl (C=O) groups is 1. The number of halogens is 6. The SMILES string of the molecule is O=C(O)c1cc(OC(F)C(F)(F)C(F)F)nn1-c1ncccc1Cl. The Kier molecular flexibility index (Phi) is 4.92. The van der Waals surface area contributed by atoms with Crippen LogP contribution < -0.4 is 4.74 Å². The van der Waals surface area contributed by atoms with Gasteiger partial charge in [0.15, 0.2) is 11.5 Å². The van der Waals surface area contributed by atoms with Crippen LogP contribution in [0.2, 0.25) is 5.02 Å². The molecule has 0 fully saturated rings. The molecule has 0 aliphatic rings. The summed E-state index contributed by atoms with van der Waals surface area (Å²) in [5, 5.41) is 12.4. The van der Waals surface area contributed by atoms with Crippen LogP contribution in [-0.4, -0.2) is 44.5 Å². The molecule has 0 bridgehead atoms. The Balaban J connectivity index is 2.40. The molecule has 1 unspecified atom stereocenters. The molecule has 0 saturated heterocycles. The highest BCUT2D eigenvalue weighted by atomic mass is 35.5. The molecule has 1 atom stereocenters. The molecule has 24 heavy (non-hydrogen) atoms. The van der Waals surface area contributed by atoms with Crippen molar-refractivity contribution in [3.63, 3.8) is 0 Å². The van der Waals surface area contributed by atoms with Crippen molar-refractivity contribution >= 4 is 17.6 Å². The van der Waals surface area contributed by atoms with Gasteiger partial charge < -0.3 is 9.84 Å². The van der Waals surface area contributed by atoms with E-state index in [9.17, 15) is 26.7 Å². The van der Waals surface area contributed by atoms with Crippen LogP contribution in [0.25, 0.3) is 5.82 Å². The van der Waals surface area contributed by atoms with E-state index in [2.05, 4.69) is 14.8 Å². The quantitative estimate of drug-likeness (QED) is 0.789. The molecule has 1 N–H and O–H groups in total. The number of alkyl halides is 5. The zero-order valence-electron chi connectivity index (χ0n) is 11.3. The van der Waals surface area contributed by atoms with Gasteiger partial charge in [-0.2, -0.15) is 13.2 Å². The molecule has 2 rings (SSSR count). The summed E-state index contributed by atoms with van der Waals surface area (Å²) in [5.74, 6) is -7.85. The van der Waals surface area contributed by atoms with Crippen LogP contribution in [0.4, 0.5) is 22.0 Å². The lowest BCUT2D eigenvalue weighted by molar-refractivity contribution is -0.222. The summed E-state index contributed by atoms with van der Waals surface area (Å²) >= 11 is 5.81. The zero-order valence-corrected chi connectivity index (χ0v) is 12.1. The first-order valence-corrected chi connectivity index (χ1v) is 6.43. The maximum atomic E-state index is 13.3. The van der Waals surface area contributed by atoms with Gasteiger partial charge in [0, 0.05) is 12.3 Å². The number of ether oxygens (including phenoxy) is 1. The molecule has 0 spiro atoms. The van der Waals surface area contributed by atoms with Gasteiger partial charge in [0.2, 0.25) is 5.88 Å². The summed E-state index contributed by atoms with van der Waals surface area (Å²) in [4.78, 5) is 14.9.